The maximum atomic E-state index is 12.9. The van der Waals surface area contributed by atoms with E-state index >= 15 is 0 Å². The van der Waals surface area contributed by atoms with Crippen molar-refractivity contribution in [2.45, 2.75) is 19.9 Å². The van der Waals surface area contributed by atoms with Gasteiger partial charge in [-0.2, -0.15) is 0 Å². The van der Waals surface area contributed by atoms with Crippen LogP contribution in [0.2, 0.25) is 0 Å². The van der Waals surface area contributed by atoms with Crippen LogP contribution in [0.3, 0.4) is 0 Å². The fourth-order valence-electron chi connectivity index (χ4n) is 3.85. The van der Waals surface area contributed by atoms with Crippen LogP contribution in [0, 0.1) is 6.92 Å². The summed E-state index contributed by atoms with van der Waals surface area (Å²) in [5.74, 6) is 0.590. The van der Waals surface area contributed by atoms with Crippen molar-refractivity contribution in [2.24, 2.45) is 0 Å². The van der Waals surface area contributed by atoms with Gasteiger partial charge in [0.2, 0.25) is 5.91 Å². The van der Waals surface area contributed by atoms with Crippen LogP contribution in [0.5, 0.6) is 11.5 Å². The highest BCUT2D eigenvalue weighted by Gasteiger charge is 2.17. The predicted molar refractivity (Wildman–Crippen MR) is 138 cm³/mol. The van der Waals surface area contributed by atoms with Crippen LogP contribution in [0.4, 0.5) is 11.4 Å². The van der Waals surface area contributed by atoms with Gasteiger partial charge in [0.05, 0.1) is 36.5 Å². The number of nitrogens with one attached hydrogen (secondary N) is 2. The van der Waals surface area contributed by atoms with Gasteiger partial charge in [-0.1, -0.05) is 30.3 Å². The van der Waals surface area contributed by atoms with Gasteiger partial charge in [-0.15, -0.1) is 0 Å². The van der Waals surface area contributed by atoms with Crippen LogP contribution < -0.4 is 25.7 Å². The van der Waals surface area contributed by atoms with Gasteiger partial charge in [-0.25, -0.2) is 4.98 Å². The molecule has 4 rings (SSSR count). The fourth-order valence-corrected chi connectivity index (χ4v) is 3.85. The summed E-state index contributed by atoms with van der Waals surface area (Å²) in [7, 11) is 2.93. The lowest BCUT2D eigenvalue weighted by Crippen LogP contribution is -2.26. The van der Waals surface area contributed by atoms with Crippen LogP contribution in [0.1, 0.15) is 22.6 Å². The van der Waals surface area contributed by atoms with Crippen LogP contribution in [-0.4, -0.2) is 35.6 Å². The number of aromatic nitrogens is 2. The first kappa shape index (κ1) is 24.5. The highest BCUT2D eigenvalue weighted by molar-refractivity contribution is 6.05. The molecule has 0 aliphatic rings. The minimum absolute atomic E-state index is 0.0404. The Hall–Kier alpha value is -4.66. The summed E-state index contributed by atoms with van der Waals surface area (Å²) < 4.78 is 12.4. The summed E-state index contributed by atoms with van der Waals surface area (Å²) in [5.41, 5.74) is 1.69. The van der Waals surface area contributed by atoms with E-state index in [4.69, 9.17) is 9.47 Å². The Morgan fingerprint density at radius 1 is 0.889 bits per heavy atom. The van der Waals surface area contributed by atoms with E-state index in [-0.39, 0.29) is 30.3 Å². The Morgan fingerprint density at radius 3 is 2.17 bits per heavy atom. The average Bonchev–Trinajstić information content (AvgIpc) is 2.89. The molecule has 3 aromatic carbocycles. The molecule has 184 valence electrons. The molecule has 0 spiro atoms. The minimum atomic E-state index is -0.323. The summed E-state index contributed by atoms with van der Waals surface area (Å²) >= 11 is 0. The number of aryl methyl sites for hydroxylation is 1. The number of hydrogen-bond acceptors (Lipinski definition) is 6. The van der Waals surface area contributed by atoms with E-state index in [1.165, 1.54) is 18.8 Å². The zero-order chi connectivity index (χ0) is 25.7. The molecule has 9 nitrogen and oxygen atoms in total. The van der Waals surface area contributed by atoms with E-state index in [1.54, 1.807) is 61.5 Å². The molecule has 0 fully saturated rings. The van der Waals surface area contributed by atoms with Crippen molar-refractivity contribution >= 4 is 34.1 Å². The summed E-state index contributed by atoms with van der Waals surface area (Å²) in [5, 5.41) is 6.11. The number of ether oxygens (including phenoxy) is 2. The van der Waals surface area contributed by atoms with Gasteiger partial charge in [0.1, 0.15) is 17.3 Å². The van der Waals surface area contributed by atoms with Gasteiger partial charge in [-0.05, 0) is 31.2 Å². The van der Waals surface area contributed by atoms with E-state index in [2.05, 4.69) is 15.6 Å². The number of carbonyl (C=O) groups excluding carboxylic acids is 2. The molecule has 0 aliphatic heterocycles. The SMILES string of the molecule is COc1cc(NC(=O)c2ccccc2)c(OC)cc1NC(=O)CCn1c(C)nc2ccccc2c1=O. The molecular weight excluding hydrogens is 460 g/mol. The first-order valence-corrected chi connectivity index (χ1v) is 11.3. The summed E-state index contributed by atoms with van der Waals surface area (Å²) in [6.45, 7) is 1.90. The van der Waals surface area contributed by atoms with Crippen LogP contribution >= 0.6 is 0 Å². The van der Waals surface area contributed by atoms with E-state index < -0.39 is 0 Å². The fraction of sp³-hybridized carbons (Fsp3) is 0.185. The quantitative estimate of drug-likeness (QED) is 0.389. The second-order valence-electron chi connectivity index (χ2n) is 8.00. The van der Waals surface area contributed by atoms with Gasteiger partial charge >= 0.3 is 0 Å². The molecule has 0 radical (unpaired) electrons. The maximum absolute atomic E-state index is 12.9. The van der Waals surface area contributed by atoms with Crippen molar-refractivity contribution in [3.05, 3.63) is 88.5 Å². The first-order valence-electron chi connectivity index (χ1n) is 11.3. The van der Waals surface area contributed by atoms with E-state index in [0.29, 0.717) is 45.2 Å². The molecule has 2 N–H and O–H groups in total. The number of fused-ring (bicyclic) bond motifs is 1. The average molecular weight is 487 g/mol. The smallest absolute Gasteiger partial charge is 0.261 e. The molecule has 0 aliphatic carbocycles. The minimum Gasteiger partial charge on any atom is -0.494 e. The highest BCUT2D eigenvalue weighted by Crippen LogP contribution is 2.36. The predicted octanol–water partition coefficient (Wildman–Crippen LogP) is 4.00. The summed E-state index contributed by atoms with van der Waals surface area (Å²) in [6, 6.07) is 19.0. The van der Waals surface area contributed by atoms with Crippen LogP contribution in [0.25, 0.3) is 10.9 Å². The number of anilines is 2. The summed E-state index contributed by atoms with van der Waals surface area (Å²) in [6.07, 6.45) is 0.0404. The molecule has 0 unspecified atom stereocenters. The third-order valence-corrected chi connectivity index (χ3v) is 5.69. The Kier molecular flexibility index (Phi) is 7.29. The molecule has 4 aromatic rings. The number of carbonyl (C=O) groups is 2. The maximum Gasteiger partial charge on any atom is 0.261 e. The summed E-state index contributed by atoms with van der Waals surface area (Å²) in [4.78, 5) is 42.7. The van der Waals surface area contributed by atoms with Gasteiger partial charge in [-0.3, -0.25) is 19.0 Å². The lowest BCUT2D eigenvalue weighted by molar-refractivity contribution is -0.116. The van der Waals surface area contributed by atoms with Gasteiger partial charge < -0.3 is 20.1 Å². The normalized spacial score (nSPS) is 10.6. The van der Waals surface area contributed by atoms with E-state index in [9.17, 15) is 14.4 Å². The third kappa shape index (κ3) is 5.20. The number of benzene rings is 3. The standard InChI is InChI=1S/C27H26N4O5/c1-17-28-20-12-8-7-11-19(20)27(34)31(17)14-13-25(32)29-21-15-24(36-3)22(16-23(21)35-2)30-26(33)18-9-5-4-6-10-18/h4-12,15-16H,13-14H2,1-3H3,(H,29,32)(H,30,33). The van der Waals surface area contributed by atoms with Gasteiger partial charge in [0.25, 0.3) is 11.5 Å². The zero-order valence-corrected chi connectivity index (χ0v) is 20.2. The molecule has 1 heterocycles. The number of hydrogen-bond donors (Lipinski definition) is 2. The second kappa shape index (κ2) is 10.7. The molecular formula is C27H26N4O5. The Labute approximate surface area is 207 Å². The third-order valence-electron chi connectivity index (χ3n) is 5.69. The number of rotatable bonds is 8. The molecule has 1 aromatic heterocycles. The largest absolute Gasteiger partial charge is 0.494 e. The Balaban J connectivity index is 1.51. The topological polar surface area (TPSA) is 112 Å². The molecule has 0 saturated carbocycles. The first-order chi connectivity index (χ1) is 17.4. The van der Waals surface area contributed by atoms with Crippen molar-refractivity contribution in [1.82, 2.24) is 9.55 Å². The van der Waals surface area contributed by atoms with Crippen molar-refractivity contribution in [1.29, 1.82) is 0 Å². The second-order valence-corrected chi connectivity index (χ2v) is 8.00. The Bertz CT molecular complexity index is 1480. The van der Waals surface area contributed by atoms with E-state index in [0.717, 1.165) is 0 Å². The molecule has 0 bridgehead atoms. The number of nitrogens with zero attached hydrogens (tertiary/aromatic N) is 2. The zero-order valence-electron chi connectivity index (χ0n) is 20.2. The lowest BCUT2D eigenvalue weighted by Gasteiger charge is -2.16. The lowest BCUT2D eigenvalue weighted by atomic mass is 10.2. The van der Waals surface area contributed by atoms with Crippen molar-refractivity contribution < 1.29 is 19.1 Å². The van der Waals surface area contributed by atoms with Crippen LogP contribution in [0.15, 0.2) is 71.5 Å². The number of methoxy groups -OCH3 is 2. The molecule has 9 heteroatoms. The van der Waals surface area contributed by atoms with E-state index in [1.807, 2.05) is 12.1 Å². The molecule has 36 heavy (non-hydrogen) atoms. The van der Waals surface area contributed by atoms with Crippen LogP contribution in [-0.2, 0) is 11.3 Å². The van der Waals surface area contributed by atoms with Crippen molar-refractivity contribution in [3.8, 4) is 11.5 Å². The molecule has 0 atom stereocenters. The Morgan fingerprint density at radius 2 is 1.50 bits per heavy atom. The van der Waals surface area contributed by atoms with Gasteiger partial charge in [0.15, 0.2) is 0 Å². The van der Waals surface area contributed by atoms with Crippen molar-refractivity contribution in [2.75, 3.05) is 24.9 Å². The highest BCUT2D eigenvalue weighted by atomic mass is 16.5. The molecule has 0 saturated heterocycles. The monoisotopic (exact) mass is 486 g/mol. The molecule has 2 amide bonds. The number of para-hydroxylation sites is 1. The van der Waals surface area contributed by atoms with Gasteiger partial charge in [0, 0.05) is 30.7 Å². The number of amides is 2. The van der Waals surface area contributed by atoms with Crippen molar-refractivity contribution in [3.63, 3.8) is 0 Å².